The molecule has 0 saturated carbocycles. The van der Waals surface area contributed by atoms with Gasteiger partial charge in [-0.2, -0.15) is 0 Å². The van der Waals surface area contributed by atoms with Crippen molar-refractivity contribution in [1.29, 1.82) is 0 Å². The van der Waals surface area contributed by atoms with Crippen LogP contribution in [-0.4, -0.2) is 25.0 Å². The first kappa shape index (κ1) is 15.1. The van der Waals surface area contributed by atoms with Gasteiger partial charge < -0.3 is 15.4 Å². The molecule has 2 aromatic rings. The number of nitrogens with one attached hydrogen (secondary N) is 2. The van der Waals surface area contributed by atoms with Crippen molar-refractivity contribution in [2.24, 2.45) is 0 Å². The third kappa shape index (κ3) is 3.44. The summed E-state index contributed by atoms with van der Waals surface area (Å²) >= 11 is 5.96. The van der Waals surface area contributed by atoms with Gasteiger partial charge in [0.25, 0.3) is 5.91 Å². The van der Waals surface area contributed by atoms with Crippen molar-refractivity contribution < 1.29 is 9.53 Å². The number of ether oxygens (including phenoxy) is 1. The number of hydrogen-bond donors (Lipinski definition) is 2. The summed E-state index contributed by atoms with van der Waals surface area (Å²) in [5.41, 5.74) is 2.63. The number of methoxy groups -OCH3 is 1. The lowest BCUT2D eigenvalue weighted by Crippen LogP contribution is -2.14. The highest BCUT2D eigenvalue weighted by atomic mass is 35.5. The average Bonchev–Trinajstić information content (AvgIpc) is 2.48. The van der Waals surface area contributed by atoms with E-state index in [1.807, 2.05) is 13.0 Å². The topological polar surface area (TPSA) is 63.2 Å². The van der Waals surface area contributed by atoms with Crippen LogP contribution in [0, 0.1) is 6.92 Å². The summed E-state index contributed by atoms with van der Waals surface area (Å²) in [7, 11) is 3.28. The summed E-state index contributed by atoms with van der Waals surface area (Å²) in [5, 5.41) is 6.27. The third-order valence-corrected chi connectivity index (χ3v) is 3.28. The number of halogens is 1. The molecule has 5 nitrogen and oxygen atoms in total. The van der Waals surface area contributed by atoms with E-state index in [1.165, 1.54) is 7.11 Å². The Bertz CT molecular complexity index is 674. The Morgan fingerprint density at radius 2 is 2.10 bits per heavy atom. The highest BCUT2D eigenvalue weighted by Gasteiger charge is 2.13. The van der Waals surface area contributed by atoms with E-state index in [1.54, 1.807) is 31.4 Å². The fraction of sp³-hybridized carbons (Fsp3) is 0.200. The molecule has 110 valence electrons. The maximum absolute atomic E-state index is 12.3. The van der Waals surface area contributed by atoms with E-state index in [4.69, 9.17) is 16.3 Å². The number of aromatic nitrogens is 1. The first-order valence-electron chi connectivity index (χ1n) is 6.34. The standard InChI is InChI=1S/C15H16ClN3O2/c1-9-6-13(17-2)11(8-18-9)15(20)19-10-4-5-12(16)14(7-10)21-3/h4-8H,1-3H3,(H,17,18)(H,19,20). The van der Waals surface area contributed by atoms with E-state index in [9.17, 15) is 4.79 Å². The number of pyridine rings is 1. The second-order valence-electron chi connectivity index (χ2n) is 4.42. The number of hydrogen-bond acceptors (Lipinski definition) is 4. The Hall–Kier alpha value is -2.27. The Morgan fingerprint density at radius 3 is 2.76 bits per heavy atom. The minimum Gasteiger partial charge on any atom is -0.495 e. The molecule has 1 heterocycles. The van der Waals surface area contributed by atoms with Gasteiger partial charge in [-0.25, -0.2) is 0 Å². The number of carbonyl (C=O) groups excluding carboxylic acids is 1. The molecule has 0 spiro atoms. The summed E-state index contributed by atoms with van der Waals surface area (Å²) in [6.07, 6.45) is 1.55. The Balaban J connectivity index is 2.26. The maximum Gasteiger partial charge on any atom is 0.259 e. The third-order valence-electron chi connectivity index (χ3n) is 2.96. The Kier molecular flexibility index (Phi) is 4.65. The summed E-state index contributed by atoms with van der Waals surface area (Å²) in [6.45, 7) is 1.87. The van der Waals surface area contributed by atoms with Gasteiger partial charge in [0.05, 0.1) is 23.4 Å². The number of aryl methyl sites for hydroxylation is 1. The zero-order valence-electron chi connectivity index (χ0n) is 12.0. The second-order valence-corrected chi connectivity index (χ2v) is 4.83. The minimum atomic E-state index is -0.253. The molecule has 0 radical (unpaired) electrons. The van der Waals surface area contributed by atoms with Gasteiger partial charge in [0.15, 0.2) is 0 Å². The molecule has 0 aliphatic rings. The summed E-state index contributed by atoms with van der Waals surface area (Å²) in [5.74, 6) is 0.251. The number of amides is 1. The Morgan fingerprint density at radius 1 is 1.33 bits per heavy atom. The van der Waals surface area contributed by atoms with Gasteiger partial charge in [-0.3, -0.25) is 9.78 Å². The van der Waals surface area contributed by atoms with Gasteiger partial charge in [-0.15, -0.1) is 0 Å². The number of nitrogens with zero attached hydrogens (tertiary/aromatic N) is 1. The normalized spacial score (nSPS) is 10.1. The fourth-order valence-corrected chi connectivity index (χ4v) is 2.08. The maximum atomic E-state index is 12.3. The summed E-state index contributed by atoms with van der Waals surface area (Å²) in [6, 6.07) is 6.87. The first-order valence-corrected chi connectivity index (χ1v) is 6.72. The second kappa shape index (κ2) is 6.45. The van der Waals surface area contributed by atoms with Crippen LogP contribution in [0.3, 0.4) is 0 Å². The van der Waals surface area contributed by atoms with Crippen LogP contribution < -0.4 is 15.4 Å². The van der Waals surface area contributed by atoms with Crippen LogP contribution in [0.2, 0.25) is 5.02 Å². The van der Waals surface area contributed by atoms with Crippen LogP contribution >= 0.6 is 11.6 Å². The fourth-order valence-electron chi connectivity index (χ4n) is 1.88. The zero-order chi connectivity index (χ0) is 15.4. The molecule has 0 aliphatic heterocycles. The largest absolute Gasteiger partial charge is 0.495 e. The van der Waals surface area contributed by atoms with Gasteiger partial charge in [0.1, 0.15) is 5.75 Å². The van der Waals surface area contributed by atoms with Crippen molar-refractivity contribution in [2.45, 2.75) is 6.92 Å². The zero-order valence-corrected chi connectivity index (χ0v) is 12.8. The summed E-state index contributed by atoms with van der Waals surface area (Å²) in [4.78, 5) is 16.5. The molecule has 0 fully saturated rings. The molecule has 2 rings (SSSR count). The molecule has 0 bridgehead atoms. The molecule has 1 aromatic carbocycles. The van der Waals surface area contributed by atoms with Crippen molar-refractivity contribution in [3.05, 3.63) is 46.7 Å². The minimum absolute atomic E-state index is 0.253. The quantitative estimate of drug-likeness (QED) is 0.909. The smallest absolute Gasteiger partial charge is 0.259 e. The number of benzene rings is 1. The number of rotatable bonds is 4. The molecule has 6 heteroatoms. The highest BCUT2D eigenvalue weighted by Crippen LogP contribution is 2.28. The van der Waals surface area contributed by atoms with Gasteiger partial charge in [-0.05, 0) is 25.1 Å². The highest BCUT2D eigenvalue weighted by molar-refractivity contribution is 6.32. The van der Waals surface area contributed by atoms with E-state index in [0.717, 1.165) is 11.4 Å². The van der Waals surface area contributed by atoms with Crippen LogP contribution in [0.15, 0.2) is 30.5 Å². The molecular weight excluding hydrogens is 290 g/mol. The van der Waals surface area contributed by atoms with Crippen LogP contribution in [-0.2, 0) is 0 Å². The van der Waals surface area contributed by atoms with E-state index >= 15 is 0 Å². The molecule has 0 atom stereocenters. The van der Waals surface area contributed by atoms with Crippen LogP contribution in [0.1, 0.15) is 16.1 Å². The van der Waals surface area contributed by atoms with E-state index < -0.39 is 0 Å². The van der Waals surface area contributed by atoms with Crippen LogP contribution in [0.4, 0.5) is 11.4 Å². The van der Waals surface area contributed by atoms with Crippen molar-refractivity contribution in [2.75, 3.05) is 24.8 Å². The molecule has 0 saturated heterocycles. The van der Waals surface area contributed by atoms with Crippen molar-refractivity contribution in [3.63, 3.8) is 0 Å². The molecule has 0 unspecified atom stereocenters. The van der Waals surface area contributed by atoms with Gasteiger partial charge in [-0.1, -0.05) is 11.6 Å². The lowest BCUT2D eigenvalue weighted by atomic mass is 10.2. The van der Waals surface area contributed by atoms with E-state index in [-0.39, 0.29) is 5.91 Å². The molecular formula is C15H16ClN3O2. The Labute approximate surface area is 128 Å². The van der Waals surface area contributed by atoms with Gasteiger partial charge in [0.2, 0.25) is 0 Å². The predicted octanol–water partition coefficient (Wildman–Crippen LogP) is 3.35. The van der Waals surface area contributed by atoms with Crippen molar-refractivity contribution in [3.8, 4) is 5.75 Å². The SMILES string of the molecule is CNc1cc(C)ncc1C(=O)Nc1ccc(Cl)c(OC)c1. The molecule has 1 amide bonds. The van der Waals surface area contributed by atoms with Crippen molar-refractivity contribution in [1.82, 2.24) is 4.98 Å². The number of anilines is 2. The van der Waals surface area contributed by atoms with Gasteiger partial charge in [0, 0.05) is 30.7 Å². The molecule has 1 aromatic heterocycles. The van der Waals surface area contributed by atoms with E-state index in [0.29, 0.717) is 22.0 Å². The van der Waals surface area contributed by atoms with Crippen LogP contribution in [0.25, 0.3) is 0 Å². The molecule has 2 N–H and O–H groups in total. The monoisotopic (exact) mass is 305 g/mol. The predicted molar refractivity (Wildman–Crippen MR) is 84.5 cm³/mol. The van der Waals surface area contributed by atoms with Crippen molar-refractivity contribution >= 4 is 28.9 Å². The number of carbonyl (C=O) groups is 1. The van der Waals surface area contributed by atoms with E-state index in [2.05, 4.69) is 15.6 Å². The van der Waals surface area contributed by atoms with Crippen LogP contribution in [0.5, 0.6) is 5.75 Å². The van der Waals surface area contributed by atoms with Gasteiger partial charge >= 0.3 is 0 Å². The first-order chi connectivity index (χ1) is 10.0. The molecule has 0 aliphatic carbocycles. The lowest BCUT2D eigenvalue weighted by Gasteiger charge is -2.11. The molecule has 21 heavy (non-hydrogen) atoms. The summed E-state index contributed by atoms with van der Waals surface area (Å²) < 4.78 is 5.13. The lowest BCUT2D eigenvalue weighted by molar-refractivity contribution is 0.102. The average molecular weight is 306 g/mol.